The maximum absolute atomic E-state index is 12.8. The van der Waals surface area contributed by atoms with Gasteiger partial charge in [0.15, 0.2) is 0 Å². The summed E-state index contributed by atoms with van der Waals surface area (Å²) in [5.41, 5.74) is 6.52. The Morgan fingerprint density at radius 2 is 1.87 bits per heavy atom. The molecular weight excluding hydrogens is 492 g/mol. The first-order chi connectivity index (χ1) is 18.0. The number of nitrogens with one attached hydrogen (secondary N) is 3. The highest BCUT2D eigenvalue weighted by atomic mass is 16.6. The molecule has 38 heavy (non-hydrogen) atoms. The molecule has 3 rings (SSSR count). The van der Waals surface area contributed by atoms with E-state index in [0.29, 0.717) is 17.7 Å². The van der Waals surface area contributed by atoms with Crippen LogP contribution in [0, 0.1) is 20.8 Å². The highest BCUT2D eigenvalue weighted by Crippen LogP contribution is 2.34. The number of aryl methyl sites for hydroxylation is 2. The van der Waals surface area contributed by atoms with E-state index in [4.69, 9.17) is 10.2 Å². The van der Waals surface area contributed by atoms with E-state index in [0.717, 1.165) is 53.4 Å². The maximum atomic E-state index is 12.8. The molecule has 5 N–H and O–H groups in total. The second kappa shape index (κ2) is 14.1. The van der Waals surface area contributed by atoms with Crippen LogP contribution in [0.2, 0.25) is 0 Å². The van der Waals surface area contributed by atoms with Crippen LogP contribution in [0.3, 0.4) is 0 Å². The van der Waals surface area contributed by atoms with Crippen molar-refractivity contribution >= 4 is 41.6 Å². The van der Waals surface area contributed by atoms with Gasteiger partial charge in [0.2, 0.25) is 6.29 Å². The van der Waals surface area contributed by atoms with Crippen LogP contribution in [-0.2, 0) is 19.1 Å². The van der Waals surface area contributed by atoms with Gasteiger partial charge >= 0.3 is 5.97 Å². The van der Waals surface area contributed by atoms with E-state index in [9.17, 15) is 19.2 Å². The van der Waals surface area contributed by atoms with Crippen molar-refractivity contribution in [2.24, 2.45) is 0 Å². The number of hydrogen-bond donors (Lipinski definition) is 5. The number of carboxylic acid groups (broad SMARTS) is 1. The molecule has 0 aliphatic carbocycles. The lowest BCUT2D eigenvalue weighted by Crippen LogP contribution is -2.35. The standard InChI is InChI=1S/C23H30N4O2.C4H6O5/c1-6-27(7-2)11-10-24-23(29)21-15(4)20(25-16(21)5)13-18-17-12-14(3)8-9-19(17)26-22(18)28;5-2-9-4(8)1-3(6)7/h8-9,12-13,25H,6-7,10-11H2,1-5H3,(H,24,29)(H,26,28);2,4,8H,1H2,(H,6,7)/b18-13-;/t;4-/m.0/s1. The van der Waals surface area contributed by atoms with Crippen LogP contribution in [0.25, 0.3) is 11.6 Å². The second-order valence-electron chi connectivity index (χ2n) is 8.79. The number of aliphatic hydroxyl groups excluding tert-OH is 1. The van der Waals surface area contributed by atoms with Crippen LogP contribution in [0.4, 0.5) is 5.69 Å². The first-order valence-corrected chi connectivity index (χ1v) is 12.3. The summed E-state index contributed by atoms with van der Waals surface area (Å²) < 4.78 is 3.85. The number of fused-ring (bicyclic) bond motifs is 1. The Morgan fingerprint density at radius 3 is 2.47 bits per heavy atom. The minimum Gasteiger partial charge on any atom is -0.481 e. The summed E-state index contributed by atoms with van der Waals surface area (Å²) in [4.78, 5) is 49.9. The number of amides is 2. The summed E-state index contributed by atoms with van der Waals surface area (Å²) in [7, 11) is 0. The predicted molar refractivity (Wildman–Crippen MR) is 143 cm³/mol. The van der Waals surface area contributed by atoms with Crippen LogP contribution in [0.15, 0.2) is 18.2 Å². The van der Waals surface area contributed by atoms with Crippen LogP contribution in [0.5, 0.6) is 0 Å². The highest BCUT2D eigenvalue weighted by Gasteiger charge is 2.25. The van der Waals surface area contributed by atoms with Gasteiger partial charge in [0, 0.05) is 35.7 Å². The lowest BCUT2D eigenvalue weighted by molar-refractivity contribution is -0.160. The molecule has 1 aromatic carbocycles. The molecule has 0 saturated carbocycles. The fraction of sp³-hybridized carbons (Fsp3) is 0.407. The number of likely N-dealkylation sites (N-methyl/N-ethyl adjacent to an activating group) is 1. The monoisotopic (exact) mass is 528 g/mol. The number of carbonyl (C=O) groups excluding carboxylic acids is 3. The minimum absolute atomic E-state index is 0.00634. The van der Waals surface area contributed by atoms with E-state index in [2.05, 4.69) is 39.1 Å². The summed E-state index contributed by atoms with van der Waals surface area (Å²) in [6.07, 6.45) is -0.269. The normalized spacial score (nSPS) is 13.9. The first kappa shape index (κ1) is 30.3. The van der Waals surface area contributed by atoms with Gasteiger partial charge in [0.05, 0.1) is 11.1 Å². The lowest BCUT2D eigenvalue weighted by atomic mass is 10.0. The van der Waals surface area contributed by atoms with E-state index in [1.807, 2.05) is 45.0 Å². The third-order valence-corrected chi connectivity index (χ3v) is 6.12. The maximum Gasteiger partial charge on any atom is 0.309 e. The number of nitrogens with zero attached hydrogens (tertiary/aromatic N) is 1. The largest absolute Gasteiger partial charge is 0.481 e. The number of aliphatic carboxylic acids is 1. The molecule has 2 amide bonds. The quantitative estimate of drug-likeness (QED) is 0.169. The van der Waals surface area contributed by atoms with Gasteiger partial charge in [0.1, 0.15) is 6.42 Å². The van der Waals surface area contributed by atoms with Crippen LogP contribution >= 0.6 is 0 Å². The summed E-state index contributed by atoms with van der Waals surface area (Å²) >= 11 is 0. The van der Waals surface area contributed by atoms with Crippen molar-refractivity contribution in [3.05, 3.63) is 51.8 Å². The van der Waals surface area contributed by atoms with Gasteiger partial charge in [-0.1, -0.05) is 25.5 Å². The van der Waals surface area contributed by atoms with Gasteiger partial charge in [-0.15, -0.1) is 0 Å². The van der Waals surface area contributed by atoms with Gasteiger partial charge < -0.3 is 35.5 Å². The summed E-state index contributed by atoms with van der Waals surface area (Å²) in [5, 5.41) is 22.3. The Labute approximate surface area is 221 Å². The van der Waals surface area contributed by atoms with Gasteiger partial charge in [-0.05, 0) is 57.6 Å². The Kier molecular flexibility index (Phi) is 11.2. The fourth-order valence-corrected chi connectivity index (χ4v) is 4.07. The van der Waals surface area contributed by atoms with E-state index in [1.54, 1.807) is 0 Å². The molecular formula is C27H36N4O7. The lowest BCUT2D eigenvalue weighted by Gasteiger charge is -2.18. The third-order valence-electron chi connectivity index (χ3n) is 6.12. The molecule has 206 valence electrons. The van der Waals surface area contributed by atoms with Gasteiger partial charge in [-0.3, -0.25) is 19.2 Å². The summed E-state index contributed by atoms with van der Waals surface area (Å²) in [5.74, 6) is -1.42. The SMILES string of the molecule is CCN(CC)CCNC(=O)c1c(C)[nH]c(/C=C2\C(=O)Nc3ccc(C)cc32)c1C.O=CO[C@H](O)CC(=O)O. The summed E-state index contributed by atoms with van der Waals surface area (Å²) in [6, 6.07) is 5.91. The Bertz CT molecular complexity index is 1200. The average Bonchev–Trinajstić information content (AvgIpc) is 3.31. The number of anilines is 1. The Hall–Kier alpha value is -3.96. The number of aromatic amines is 1. The number of hydrogen-bond acceptors (Lipinski definition) is 7. The molecule has 0 saturated heterocycles. The van der Waals surface area contributed by atoms with Gasteiger partial charge in [-0.25, -0.2) is 0 Å². The molecule has 1 atom stereocenters. The molecule has 11 nitrogen and oxygen atoms in total. The van der Waals surface area contributed by atoms with E-state index >= 15 is 0 Å². The molecule has 1 aromatic heterocycles. The Morgan fingerprint density at radius 1 is 1.18 bits per heavy atom. The van der Waals surface area contributed by atoms with Crippen LogP contribution < -0.4 is 10.6 Å². The number of aromatic nitrogens is 1. The third kappa shape index (κ3) is 8.02. The molecule has 1 aliphatic rings. The van der Waals surface area contributed by atoms with Gasteiger partial charge in [0.25, 0.3) is 18.3 Å². The zero-order chi connectivity index (χ0) is 28.4. The van der Waals surface area contributed by atoms with Crippen molar-refractivity contribution in [2.75, 3.05) is 31.5 Å². The van der Waals surface area contributed by atoms with Gasteiger partial charge in [-0.2, -0.15) is 0 Å². The first-order valence-electron chi connectivity index (χ1n) is 12.3. The van der Waals surface area contributed by atoms with Crippen molar-refractivity contribution in [2.45, 2.75) is 47.3 Å². The van der Waals surface area contributed by atoms with Crippen molar-refractivity contribution in [3.63, 3.8) is 0 Å². The number of aliphatic hydroxyl groups is 1. The smallest absolute Gasteiger partial charge is 0.309 e. The molecule has 2 heterocycles. The topological polar surface area (TPSA) is 161 Å². The molecule has 0 unspecified atom stereocenters. The van der Waals surface area contributed by atoms with Crippen LogP contribution in [0.1, 0.15) is 58.7 Å². The number of H-pyrrole nitrogens is 1. The molecule has 2 aromatic rings. The molecule has 0 spiro atoms. The fourth-order valence-electron chi connectivity index (χ4n) is 4.07. The molecule has 0 bridgehead atoms. The number of benzene rings is 1. The number of ether oxygens (including phenoxy) is 1. The minimum atomic E-state index is -1.53. The van der Waals surface area contributed by atoms with E-state index in [-0.39, 0.29) is 18.3 Å². The number of carboxylic acids is 1. The molecule has 11 heteroatoms. The molecule has 0 radical (unpaired) electrons. The van der Waals surface area contributed by atoms with Crippen LogP contribution in [-0.4, -0.2) is 76.8 Å². The second-order valence-corrected chi connectivity index (χ2v) is 8.79. The molecule has 1 aliphatic heterocycles. The van der Waals surface area contributed by atoms with E-state index in [1.165, 1.54) is 0 Å². The molecule has 0 fully saturated rings. The average molecular weight is 529 g/mol. The number of carbonyl (C=O) groups is 4. The van der Waals surface area contributed by atoms with Crippen molar-refractivity contribution in [1.29, 1.82) is 0 Å². The summed E-state index contributed by atoms with van der Waals surface area (Å²) in [6.45, 7) is 13.4. The predicted octanol–water partition coefficient (Wildman–Crippen LogP) is 2.46. The zero-order valence-corrected chi connectivity index (χ0v) is 22.4. The van der Waals surface area contributed by atoms with Crippen molar-refractivity contribution in [3.8, 4) is 0 Å². The zero-order valence-electron chi connectivity index (χ0n) is 22.4. The van der Waals surface area contributed by atoms with E-state index < -0.39 is 18.7 Å². The van der Waals surface area contributed by atoms with Crippen molar-refractivity contribution < 1.29 is 34.1 Å². The Balaban J connectivity index is 0.000000484. The highest BCUT2D eigenvalue weighted by molar-refractivity contribution is 6.35. The van der Waals surface area contributed by atoms with Crippen molar-refractivity contribution in [1.82, 2.24) is 15.2 Å². The number of rotatable bonds is 11.